The first kappa shape index (κ1) is 18.8. The number of nitrogens with one attached hydrogen (secondary N) is 2. The number of carbonyl (C=O) groups excluding carboxylic acids is 1. The van der Waals surface area contributed by atoms with Gasteiger partial charge in [0.1, 0.15) is 0 Å². The molecule has 0 aliphatic heterocycles. The number of halogens is 2. The van der Waals surface area contributed by atoms with E-state index in [1.807, 2.05) is 48.5 Å². The summed E-state index contributed by atoms with van der Waals surface area (Å²) in [6, 6.07) is 15.5. The zero-order valence-corrected chi connectivity index (χ0v) is 15.0. The largest absolute Gasteiger partial charge is 0.356 e. The van der Waals surface area contributed by atoms with Crippen LogP contribution >= 0.6 is 23.2 Å². The monoisotopic (exact) mass is 364 g/mol. The number of hydrogen-bond acceptors (Lipinski definition) is 2. The SMILES string of the molecule is O=C(CCNCCc1ccc(Cl)cc1)NCCc1cccc(Cl)c1. The van der Waals surface area contributed by atoms with E-state index in [0.29, 0.717) is 19.5 Å². The summed E-state index contributed by atoms with van der Waals surface area (Å²) in [5.41, 5.74) is 2.36. The van der Waals surface area contributed by atoms with Crippen molar-refractivity contribution in [1.29, 1.82) is 0 Å². The second-order valence-electron chi connectivity index (χ2n) is 5.61. The Bertz CT molecular complexity index is 644. The molecule has 2 aromatic carbocycles. The molecule has 0 heterocycles. The molecule has 3 nitrogen and oxygen atoms in total. The Labute approximate surface area is 153 Å². The third-order valence-electron chi connectivity index (χ3n) is 3.66. The van der Waals surface area contributed by atoms with Crippen LogP contribution in [0, 0.1) is 0 Å². The molecule has 0 radical (unpaired) electrons. The minimum absolute atomic E-state index is 0.0658. The fraction of sp³-hybridized carbons (Fsp3) is 0.316. The molecule has 0 saturated heterocycles. The Morgan fingerprint density at radius 2 is 1.58 bits per heavy atom. The first-order valence-corrected chi connectivity index (χ1v) is 8.85. The van der Waals surface area contributed by atoms with E-state index >= 15 is 0 Å². The molecule has 0 fully saturated rings. The number of carbonyl (C=O) groups is 1. The summed E-state index contributed by atoms with van der Waals surface area (Å²) in [6.07, 6.45) is 2.19. The molecule has 0 bridgehead atoms. The molecule has 2 rings (SSSR count). The highest BCUT2D eigenvalue weighted by Crippen LogP contribution is 2.11. The zero-order chi connectivity index (χ0) is 17.2. The molecule has 0 aliphatic rings. The zero-order valence-electron chi connectivity index (χ0n) is 13.5. The highest BCUT2D eigenvalue weighted by molar-refractivity contribution is 6.30. The Morgan fingerprint density at radius 3 is 2.33 bits per heavy atom. The van der Waals surface area contributed by atoms with Gasteiger partial charge in [0, 0.05) is 29.6 Å². The third-order valence-corrected chi connectivity index (χ3v) is 4.14. The molecule has 1 amide bonds. The molecule has 128 valence electrons. The average Bonchev–Trinajstić information content (AvgIpc) is 2.56. The van der Waals surface area contributed by atoms with Gasteiger partial charge in [0.2, 0.25) is 5.91 Å². The summed E-state index contributed by atoms with van der Waals surface area (Å²) >= 11 is 11.8. The van der Waals surface area contributed by atoms with E-state index in [1.165, 1.54) is 5.56 Å². The van der Waals surface area contributed by atoms with Crippen LogP contribution in [-0.4, -0.2) is 25.5 Å². The average molecular weight is 365 g/mol. The van der Waals surface area contributed by atoms with E-state index in [0.717, 1.165) is 35.0 Å². The number of benzene rings is 2. The van der Waals surface area contributed by atoms with E-state index in [4.69, 9.17) is 23.2 Å². The van der Waals surface area contributed by atoms with Crippen molar-refractivity contribution in [2.75, 3.05) is 19.6 Å². The molecule has 0 aromatic heterocycles. The van der Waals surface area contributed by atoms with Crippen molar-refractivity contribution in [1.82, 2.24) is 10.6 Å². The van der Waals surface area contributed by atoms with Crippen LogP contribution in [0.4, 0.5) is 0 Å². The van der Waals surface area contributed by atoms with Crippen molar-refractivity contribution in [3.05, 3.63) is 69.7 Å². The highest BCUT2D eigenvalue weighted by Gasteiger charge is 2.01. The summed E-state index contributed by atoms with van der Waals surface area (Å²) in [7, 11) is 0. The smallest absolute Gasteiger partial charge is 0.221 e. The van der Waals surface area contributed by atoms with E-state index in [2.05, 4.69) is 10.6 Å². The predicted molar refractivity (Wildman–Crippen MR) is 101 cm³/mol. The lowest BCUT2D eigenvalue weighted by Crippen LogP contribution is -2.29. The molecule has 0 unspecified atom stereocenters. The van der Waals surface area contributed by atoms with Gasteiger partial charge in [-0.25, -0.2) is 0 Å². The van der Waals surface area contributed by atoms with Crippen LogP contribution < -0.4 is 10.6 Å². The Kier molecular flexibility index (Phi) is 8.10. The molecule has 24 heavy (non-hydrogen) atoms. The Hall–Kier alpha value is -1.55. The summed E-state index contributed by atoms with van der Waals surface area (Å²) in [5.74, 6) is 0.0658. The van der Waals surface area contributed by atoms with Crippen molar-refractivity contribution in [2.45, 2.75) is 19.3 Å². The van der Waals surface area contributed by atoms with Crippen molar-refractivity contribution in [3.63, 3.8) is 0 Å². The van der Waals surface area contributed by atoms with Gasteiger partial charge in [-0.1, -0.05) is 47.5 Å². The molecule has 0 atom stereocenters. The summed E-state index contributed by atoms with van der Waals surface area (Å²) in [4.78, 5) is 11.8. The first-order chi connectivity index (χ1) is 11.6. The van der Waals surface area contributed by atoms with Gasteiger partial charge in [0.05, 0.1) is 0 Å². The lowest BCUT2D eigenvalue weighted by Gasteiger charge is -2.07. The van der Waals surface area contributed by atoms with Gasteiger partial charge in [-0.05, 0) is 54.8 Å². The van der Waals surface area contributed by atoms with Gasteiger partial charge < -0.3 is 10.6 Å². The second kappa shape index (κ2) is 10.3. The molecular formula is C19H22Cl2N2O. The minimum atomic E-state index is 0.0658. The summed E-state index contributed by atoms with van der Waals surface area (Å²) in [6.45, 7) is 2.15. The molecule has 0 aliphatic carbocycles. The minimum Gasteiger partial charge on any atom is -0.356 e. The van der Waals surface area contributed by atoms with Crippen LogP contribution in [-0.2, 0) is 17.6 Å². The van der Waals surface area contributed by atoms with Crippen LogP contribution in [0.1, 0.15) is 17.5 Å². The van der Waals surface area contributed by atoms with E-state index in [-0.39, 0.29) is 5.91 Å². The topological polar surface area (TPSA) is 41.1 Å². The number of hydrogen-bond donors (Lipinski definition) is 2. The van der Waals surface area contributed by atoms with E-state index in [9.17, 15) is 4.79 Å². The van der Waals surface area contributed by atoms with Gasteiger partial charge >= 0.3 is 0 Å². The number of amides is 1. The fourth-order valence-electron chi connectivity index (χ4n) is 2.34. The molecule has 0 saturated carbocycles. The quantitative estimate of drug-likeness (QED) is 0.663. The van der Waals surface area contributed by atoms with Crippen LogP contribution in [0.5, 0.6) is 0 Å². The summed E-state index contributed by atoms with van der Waals surface area (Å²) < 4.78 is 0. The standard InChI is InChI=1S/C19H22Cl2N2O/c20-17-6-4-15(5-7-17)8-11-22-12-10-19(24)23-13-9-16-2-1-3-18(21)14-16/h1-7,14,22H,8-13H2,(H,23,24). The fourth-order valence-corrected chi connectivity index (χ4v) is 2.68. The molecule has 0 spiro atoms. The second-order valence-corrected chi connectivity index (χ2v) is 6.48. The normalized spacial score (nSPS) is 10.6. The molecule has 2 aromatic rings. The van der Waals surface area contributed by atoms with Crippen molar-refractivity contribution < 1.29 is 4.79 Å². The van der Waals surface area contributed by atoms with Gasteiger partial charge in [0.15, 0.2) is 0 Å². The van der Waals surface area contributed by atoms with Crippen LogP contribution in [0.25, 0.3) is 0 Å². The third kappa shape index (κ3) is 7.35. The Balaban J connectivity index is 1.52. The maximum atomic E-state index is 11.8. The van der Waals surface area contributed by atoms with Crippen LogP contribution in [0.3, 0.4) is 0 Å². The summed E-state index contributed by atoms with van der Waals surface area (Å²) in [5, 5.41) is 7.69. The van der Waals surface area contributed by atoms with Crippen LogP contribution in [0.15, 0.2) is 48.5 Å². The van der Waals surface area contributed by atoms with Crippen molar-refractivity contribution >= 4 is 29.1 Å². The first-order valence-electron chi connectivity index (χ1n) is 8.10. The molecule has 2 N–H and O–H groups in total. The van der Waals surface area contributed by atoms with Gasteiger partial charge in [-0.2, -0.15) is 0 Å². The maximum absolute atomic E-state index is 11.8. The lowest BCUT2D eigenvalue weighted by atomic mass is 10.1. The highest BCUT2D eigenvalue weighted by atomic mass is 35.5. The van der Waals surface area contributed by atoms with Crippen molar-refractivity contribution in [2.24, 2.45) is 0 Å². The lowest BCUT2D eigenvalue weighted by molar-refractivity contribution is -0.120. The Morgan fingerprint density at radius 1 is 0.833 bits per heavy atom. The van der Waals surface area contributed by atoms with E-state index < -0.39 is 0 Å². The van der Waals surface area contributed by atoms with Crippen molar-refractivity contribution in [3.8, 4) is 0 Å². The van der Waals surface area contributed by atoms with Gasteiger partial charge in [0.25, 0.3) is 0 Å². The van der Waals surface area contributed by atoms with E-state index in [1.54, 1.807) is 0 Å². The molecule has 5 heteroatoms. The van der Waals surface area contributed by atoms with Crippen LogP contribution in [0.2, 0.25) is 10.0 Å². The van der Waals surface area contributed by atoms with Gasteiger partial charge in [-0.3, -0.25) is 4.79 Å². The van der Waals surface area contributed by atoms with Gasteiger partial charge in [-0.15, -0.1) is 0 Å². The number of rotatable bonds is 9. The molecular weight excluding hydrogens is 343 g/mol. The predicted octanol–water partition coefficient (Wildman–Crippen LogP) is 3.87. The maximum Gasteiger partial charge on any atom is 0.221 e.